The summed E-state index contributed by atoms with van der Waals surface area (Å²) < 4.78 is 1.02. The Hall–Kier alpha value is -0.880. The quantitative estimate of drug-likeness (QED) is 0.862. The molecule has 2 atom stereocenters. The lowest BCUT2D eigenvalue weighted by molar-refractivity contribution is -0.152. The summed E-state index contributed by atoms with van der Waals surface area (Å²) in [5, 5.41) is 4.88. The van der Waals surface area contributed by atoms with Crippen molar-refractivity contribution in [2.75, 3.05) is 0 Å². The van der Waals surface area contributed by atoms with E-state index in [9.17, 15) is 9.59 Å². The van der Waals surface area contributed by atoms with Crippen LogP contribution in [0.4, 0.5) is 0 Å². The molecule has 6 heteroatoms. The fourth-order valence-electron chi connectivity index (χ4n) is 2.73. The number of nitrogens with zero attached hydrogens (tertiary/aromatic N) is 1. The first-order valence-corrected chi connectivity index (χ1v) is 8.95. The Morgan fingerprint density at radius 3 is 2.67 bits per heavy atom. The van der Waals surface area contributed by atoms with Crippen LogP contribution in [0.15, 0.2) is 15.9 Å². The van der Waals surface area contributed by atoms with Gasteiger partial charge in [0.05, 0.1) is 6.54 Å². The molecule has 0 saturated carbocycles. The van der Waals surface area contributed by atoms with Crippen LogP contribution in [-0.4, -0.2) is 28.8 Å². The van der Waals surface area contributed by atoms with E-state index < -0.39 is 0 Å². The molecule has 0 bridgehead atoms. The third kappa shape index (κ3) is 3.66. The molecule has 2 rings (SSSR count). The van der Waals surface area contributed by atoms with Gasteiger partial charge in [-0.05, 0) is 34.3 Å². The highest BCUT2D eigenvalue weighted by molar-refractivity contribution is 9.10. The number of thiophene rings is 1. The maximum Gasteiger partial charge on any atom is 0.246 e. The molecule has 1 aliphatic rings. The van der Waals surface area contributed by atoms with Gasteiger partial charge in [0, 0.05) is 14.7 Å². The molecule has 2 amide bonds. The first kappa shape index (κ1) is 16.5. The van der Waals surface area contributed by atoms with Gasteiger partial charge in [-0.1, -0.05) is 27.2 Å². The van der Waals surface area contributed by atoms with Crippen molar-refractivity contribution in [1.82, 2.24) is 10.2 Å². The van der Waals surface area contributed by atoms with E-state index in [1.807, 2.05) is 32.2 Å². The molecule has 21 heavy (non-hydrogen) atoms. The molecule has 2 unspecified atom stereocenters. The summed E-state index contributed by atoms with van der Waals surface area (Å²) in [6.07, 6.45) is 1.57. The van der Waals surface area contributed by atoms with Gasteiger partial charge in [-0.15, -0.1) is 11.3 Å². The highest BCUT2D eigenvalue weighted by Crippen LogP contribution is 2.26. The van der Waals surface area contributed by atoms with E-state index in [4.69, 9.17) is 0 Å². The van der Waals surface area contributed by atoms with Crippen LogP contribution < -0.4 is 5.32 Å². The molecule has 4 nitrogen and oxygen atoms in total. The Bertz CT molecular complexity index is 529. The second-order valence-corrected chi connectivity index (χ2v) is 7.65. The summed E-state index contributed by atoms with van der Waals surface area (Å²) in [5.74, 6) is 0.110. The summed E-state index contributed by atoms with van der Waals surface area (Å²) in [5.41, 5.74) is 0. The zero-order valence-corrected chi connectivity index (χ0v) is 15.0. The average Bonchev–Trinajstić information content (AvgIpc) is 2.80. The fourth-order valence-corrected chi connectivity index (χ4v) is 4.17. The van der Waals surface area contributed by atoms with Crippen molar-refractivity contribution in [3.8, 4) is 0 Å². The fraction of sp³-hybridized carbons (Fsp3) is 0.600. The Kier molecular flexibility index (Phi) is 5.43. The molecule has 0 spiro atoms. The molecule has 0 aromatic carbocycles. The minimum atomic E-state index is -0.383. The summed E-state index contributed by atoms with van der Waals surface area (Å²) in [7, 11) is 0. The van der Waals surface area contributed by atoms with Crippen molar-refractivity contribution in [1.29, 1.82) is 0 Å². The molecule has 1 aromatic heterocycles. The lowest BCUT2D eigenvalue weighted by Crippen LogP contribution is -2.64. The van der Waals surface area contributed by atoms with Crippen LogP contribution in [0.1, 0.15) is 38.5 Å². The van der Waals surface area contributed by atoms with Crippen molar-refractivity contribution in [3.63, 3.8) is 0 Å². The van der Waals surface area contributed by atoms with Gasteiger partial charge in [-0.2, -0.15) is 0 Å². The SMILES string of the molecule is CCCC1NC(=O)C(C(C)C)N(Cc2cc(Br)cs2)C1=O. The highest BCUT2D eigenvalue weighted by Gasteiger charge is 2.41. The minimum Gasteiger partial charge on any atom is -0.342 e. The van der Waals surface area contributed by atoms with Crippen LogP contribution in [-0.2, 0) is 16.1 Å². The molecule has 2 heterocycles. The number of hydrogen-bond acceptors (Lipinski definition) is 3. The first-order valence-electron chi connectivity index (χ1n) is 7.27. The molecule has 1 aliphatic heterocycles. The van der Waals surface area contributed by atoms with Gasteiger partial charge in [-0.25, -0.2) is 0 Å². The second kappa shape index (κ2) is 6.92. The van der Waals surface area contributed by atoms with Crippen LogP contribution in [0, 0.1) is 5.92 Å². The second-order valence-electron chi connectivity index (χ2n) is 5.74. The molecule has 0 radical (unpaired) electrons. The lowest BCUT2D eigenvalue weighted by atomic mass is 9.95. The zero-order chi connectivity index (χ0) is 15.6. The van der Waals surface area contributed by atoms with E-state index in [0.717, 1.165) is 15.8 Å². The third-order valence-electron chi connectivity index (χ3n) is 3.66. The van der Waals surface area contributed by atoms with Crippen molar-refractivity contribution in [2.45, 2.75) is 52.2 Å². The summed E-state index contributed by atoms with van der Waals surface area (Å²) in [6, 6.07) is 1.25. The first-order chi connectivity index (χ1) is 9.93. The Morgan fingerprint density at radius 1 is 1.43 bits per heavy atom. The van der Waals surface area contributed by atoms with Crippen LogP contribution in [0.3, 0.4) is 0 Å². The molecule has 1 aromatic rings. The number of halogens is 1. The maximum absolute atomic E-state index is 12.7. The topological polar surface area (TPSA) is 49.4 Å². The van der Waals surface area contributed by atoms with Gasteiger partial charge in [0.1, 0.15) is 12.1 Å². The van der Waals surface area contributed by atoms with Gasteiger partial charge in [0.25, 0.3) is 0 Å². The van der Waals surface area contributed by atoms with E-state index in [1.165, 1.54) is 0 Å². The molecule has 1 fully saturated rings. The molecular formula is C15H21BrN2O2S. The number of rotatable bonds is 5. The monoisotopic (exact) mass is 372 g/mol. The Morgan fingerprint density at radius 2 is 2.14 bits per heavy atom. The zero-order valence-electron chi connectivity index (χ0n) is 12.6. The minimum absolute atomic E-state index is 0.0290. The lowest BCUT2D eigenvalue weighted by Gasteiger charge is -2.40. The van der Waals surface area contributed by atoms with E-state index in [0.29, 0.717) is 13.0 Å². The van der Waals surface area contributed by atoms with Crippen molar-refractivity contribution in [2.24, 2.45) is 5.92 Å². The van der Waals surface area contributed by atoms with Gasteiger partial charge in [0.2, 0.25) is 11.8 Å². The highest BCUT2D eigenvalue weighted by atomic mass is 79.9. The molecular weight excluding hydrogens is 352 g/mol. The predicted molar refractivity (Wildman–Crippen MR) is 88.0 cm³/mol. The van der Waals surface area contributed by atoms with Crippen LogP contribution >= 0.6 is 27.3 Å². The Balaban J connectivity index is 2.25. The molecule has 116 valence electrons. The predicted octanol–water partition coefficient (Wildman–Crippen LogP) is 3.16. The third-order valence-corrected chi connectivity index (χ3v) is 5.34. The Labute approximate surface area is 138 Å². The largest absolute Gasteiger partial charge is 0.342 e. The van der Waals surface area contributed by atoms with E-state index in [1.54, 1.807) is 16.2 Å². The number of nitrogens with one attached hydrogen (secondary N) is 1. The van der Waals surface area contributed by atoms with Gasteiger partial charge < -0.3 is 10.2 Å². The van der Waals surface area contributed by atoms with Crippen LogP contribution in [0.5, 0.6) is 0 Å². The average molecular weight is 373 g/mol. The number of carbonyl (C=O) groups excluding carboxylic acids is 2. The number of carbonyl (C=O) groups is 2. The number of hydrogen-bond donors (Lipinski definition) is 1. The van der Waals surface area contributed by atoms with E-state index in [-0.39, 0.29) is 29.8 Å². The van der Waals surface area contributed by atoms with E-state index >= 15 is 0 Å². The number of piperazine rings is 1. The summed E-state index contributed by atoms with van der Waals surface area (Å²) in [4.78, 5) is 27.9. The van der Waals surface area contributed by atoms with E-state index in [2.05, 4.69) is 21.2 Å². The van der Waals surface area contributed by atoms with Crippen molar-refractivity contribution in [3.05, 3.63) is 20.8 Å². The maximum atomic E-state index is 12.7. The molecule has 1 saturated heterocycles. The van der Waals surface area contributed by atoms with Gasteiger partial charge in [0.15, 0.2) is 0 Å². The summed E-state index contributed by atoms with van der Waals surface area (Å²) in [6.45, 7) is 6.49. The van der Waals surface area contributed by atoms with Crippen molar-refractivity contribution < 1.29 is 9.59 Å². The summed E-state index contributed by atoms with van der Waals surface area (Å²) >= 11 is 5.03. The normalized spacial score (nSPS) is 22.8. The van der Waals surface area contributed by atoms with Gasteiger partial charge >= 0.3 is 0 Å². The van der Waals surface area contributed by atoms with Crippen LogP contribution in [0.2, 0.25) is 0 Å². The number of amides is 2. The van der Waals surface area contributed by atoms with Crippen LogP contribution in [0.25, 0.3) is 0 Å². The molecule has 0 aliphatic carbocycles. The van der Waals surface area contributed by atoms with Gasteiger partial charge in [-0.3, -0.25) is 9.59 Å². The van der Waals surface area contributed by atoms with Crippen molar-refractivity contribution >= 4 is 39.1 Å². The smallest absolute Gasteiger partial charge is 0.246 e. The standard InChI is InChI=1S/C15H21BrN2O2S/c1-4-5-12-15(20)18(7-11-6-10(16)8-21-11)13(9(2)3)14(19)17-12/h6,8-9,12-13H,4-5,7H2,1-3H3,(H,17,19). The molecule has 1 N–H and O–H groups in total.